The van der Waals surface area contributed by atoms with Crippen LogP contribution in [-0.2, 0) is 25.5 Å². The maximum Gasteiger partial charge on any atom is 0.249 e. The standard InChI is InChI=1S/C16H15FN2O.C12H21N4O4.C2H6.CH4S.Fm/c1-10-8-11(6-7-14(10)17)9-15(18)12-4-2-3-5-13(12)16(19)20;13-1-7-20-8-6-15(11-18)9-12(19)16-4-2-14(10-17)3-5-16;2*1-2;/h2-8,18H,9H2,1H3,(H2,19,20);10H,1-9,13H2;1-2H3;2H,1H3;/q;-1;;;. The molecule has 5 N–H and O–H groups in total. The summed E-state index contributed by atoms with van der Waals surface area (Å²) in [6.07, 6.45) is 4.53. The predicted octanol–water partition coefficient (Wildman–Crippen LogP) is 2.05. The first kappa shape index (κ1) is 42.3. The van der Waals surface area contributed by atoms with Gasteiger partial charge in [0.05, 0.1) is 19.8 Å². The van der Waals surface area contributed by atoms with Crippen LogP contribution >= 0.6 is 12.6 Å². The summed E-state index contributed by atoms with van der Waals surface area (Å²) in [6, 6.07) is 11.5. The van der Waals surface area contributed by atoms with Crippen molar-refractivity contribution in [2.24, 2.45) is 11.5 Å². The van der Waals surface area contributed by atoms with Crippen LogP contribution in [-0.4, -0.2) is 110 Å². The molecule has 1 heterocycles. The minimum absolute atomic E-state index is 0. The molecule has 0 radical (unpaired) electrons. The average molecular weight is 891 g/mol. The summed E-state index contributed by atoms with van der Waals surface area (Å²) < 4.78 is 18.4. The zero-order valence-electron chi connectivity index (χ0n) is 26.3. The van der Waals surface area contributed by atoms with Gasteiger partial charge >= 0.3 is 0 Å². The van der Waals surface area contributed by atoms with Crippen LogP contribution in [0.5, 0.6) is 0 Å². The fourth-order valence-corrected chi connectivity index (χ4v) is 3.93. The molecular weight excluding hydrogens is 844 g/mol. The number of nitrogens with two attached hydrogens (primary N) is 2. The minimum atomic E-state index is -0.555. The quantitative estimate of drug-likeness (QED) is 0.0602. The monoisotopic (exact) mass is 890 g/mol. The van der Waals surface area contributed by atoms with Gasteiger partial charge in [0, 0.05) is 62.5 Å². The number of aryl methyl sites for hydroxylation is 1. The van der Waals surface area contributed by atoms with Gasteiger partial charge in [0.25, 0.3) is 0 Å². The summed E-state index contributed by atoms with van der Waals surface area (Å²) in [6.45, 7) is 9.19. The number of benzene rings is 2. The fraction of sp³-hybridized carbons (Fsp3) is 0.452. The van der Waals surface area contributed by atoms with E-state index in [-0.39, 0.29) is 24.0 Å². The molecule has 0 spiro atoms. The van der Waals surface area contributed by atoms with Crippen molar-refractivity contribution in [3.05, 3.63) is 70.5 Å². The first-order valence-electron chi connectivity index (χ1n) is 14.2. The van der Waals surface area contributed by atoms with Crippen molar-refractivity contribution in [3.63, 3.8) is 0 Å². The molecule has 1 aliphatic rings. The van der Waals surface area contributed by atoms with Crippen molar-refractivity contribution < 1.29 is 28.3 Å². The van der Waals surface area contributed by atoms with E-state index in [4.69, 9.17) is 21.6 Å². The Bertz CT molecular complexity index is 1180. The first-order chi connectivity index (χ1) is 21.2. The van der Waals surface area contributed by atoms with Crippen LogP contribution in [0.1, 0.15) is 40.9 Å². The van der Waals surface area contributed by atoms with Crippen LogP contribution in [0.4, 0.5) is 4.39 Å². The second kappa shape index (κ2) is 24.6. The van der Waals surface area contributed by atoms with Gasteiger partial charge in [-0.25, -0.2) is 4.39 Å². The Balaban J connectivity index is 0. The SMILES string of the molecule is CC.CS.Cc1cc(CC(=N)c2ccccc2C(N)=O)ccc1F.NCCOCCN([C-]=O)CC(=O)N1CCN(C=O)CC1.[Fm]. The molecule has 256 valence electrons. The number of carbonyl (C=O) groups excluding carboxylic acids is 4. The Kier molecular flexibility index (Phi) is 23.1. The third-order valence-corrected chi connectivity index (χ3v) is 6.16. The molecule has 0 bridgehead atoms. The Morgan fingerprint density at radius 2 is 1.69 bits per heavy atom. The molecule has 0 atom stereocenters. The molecule has 0 aromatic heterocycles. The van der Waals surface area contributed by atoms with Gasteiger partial charge in [0.15, 0.2) is 0 Å². The molecule has 1 fully saturated rings. The fourth-order valence-electron chi connectivity index (χ4n) is 3.93. The number of nitrogens with one attached hydrogen (secondary N) is 1. The zero-order chi connectivity index (χ0) is 33.5. The second-order valence-corrected chi connectivity index (χ2v) is 9.08. The smallest absolute Gasteiger partial charge is 0.249 e. The van der Waals surface area contributed by atoms with Crippen LogP contribution in [0.15, 0.2) is 42.5 Å². The summed E-state index contributed by atoms with van der Waals surface area (Å²) in [5, 5.41) is 8.12. The number of thiol groups is 1. The molecule has 1 saturated heterocycles. The van der Waals surface area contributed by atoms with Gasteiger partial charge < -0.3 is 41.1 Å². The molecule has 0 saturated carbocycles. The summed E-state index contributed by atoms with van der Waals surface area (Å²) in [5.41, 5.74) is 13.1. The van der Waals surface area contributed by atoms with Crippen LogP contribution in [0.2, 0.25) is 0 Å². The van der Waals surface area contributed by atoms with E-state index in [1.165, 1.54) is 11.0 Å². The molecule has 14 heteroatoms. The van der Waals surface area contributed by atoms with E-state index in [1.807, 2.05) is 13.8 Å². The van der Waals surface area contributed by atoms with E-state index in [0.29, 0.717) is 75.6 Å². The number of carbonyl (C=O) groups is 3. The molecule has 3 rings (SSSR count). The first-order valence-corrected chi connectivity index (χ1v) is 15.1. The summed E-state index contributed by atoms with van der Waals surface area (Å²) in [7, 11) is 0. The van der Waals surface area contributed by atoms with Crippen molar-refractivity contribution in [1.82, 2.24) is 14.7 Å². The van der Waals surface area contributed by atoms with Crippen LogP contribution < -0.4 is 11.5 Å². The summed E-state index contributed by atoms with van der Waals surface area (Å²) in [5.74, 6) is -0.962. The number of rotatable bonds is 13. The van der Waals surface area contributed by atoms with Crippen LogP contribution in [0.25, 0.3) is 0 Å². The maximum atomic E-state index is 13.2. The van der Waals surface area contributed by atoms with E-state index in [0.717, 1.165) is 12.0 Å². The van der Waals surface area contributed by atoms with E-state index < -0.39 is 5.91 Å². The maximum absolute atomic E-state index is 13.2. The number of hydrogen-bond donors (Lipinski definition) is 4. The van der Waals surface area contributed by atoms with Crippen molar-refractivity contribution in [1.29, 1.82) is 5.41 Å². The number of nitrogens with zero attached hydrogens (tertiary/aromatic N) is 3. The van der Waals surface area contributed by atoms with E-state index in [9.17, 15) is 23.6 Å². The third kappa shape index (κ3) is 15.5. The Hall–Kier alpha value is -4.81. The Labute approximate surface area is 265 Å². The minimum Gasteiger partial charge on any atom is -0.520 e. The Morgan fingerprint density at radius 1 is 1.09 bits per heavy atom. The molecule has 2 aromatic rings. The van der Waals surface area contributed by atoms with Crippen LogP contribution in [0, 0.1) is 18.2 Å². The molecule has 0 aliphatic carbocycles. The van der Waals surface area contributed by atoms with Crippen LogP contribution in [0.3, 0.4) is 0 Å². The van der Waals surface area contributed by atoms with Crippen molar-refractivity contribution >= 4 is 43.0 Å². The number of primary amides is 1. The predicted molar refractivity (Wildman–Crippen MR) is 174 cm³/mol. The van der Waals surface area contributed by atoms with Gasteiger partial charge in [0.2, 0.25) is 18.2 Å². The molecule has 1 aliphatic heterocycles. The number of ether oxygens (including phenoxy) is 1. The van der Waals surface area contributed by atoms with E-state index in [2.05, 4.69) is 12.6 Å². The van der Waals surface area contributed by atoms with E-state index in [1.54, 1.807) is 65.8 Å². The third-order valence-electron chi connectivity index (χ3n) is 6.16. The molecule has 2 aromatic carbocycles. The van der Waals surface area contributed by atoms with E-state index >= 15 is 0 Å². The van der Waals surface area contributed by atoms with Gasteiger partial charge in [-0.15, -0.1) is 0 Å². The molecule has 11 nitrogen and oxygen atoms in total. The average Bonchev–Trinajstić information content (AvgIpc) is 3.06. The topological polar surface area (TPSA) is 163 Å². The van der Waals surface area contributed by atoms with Crippen molar-refractivity contribution in [3.8, 4) is 0 Å². The Morgan fingerprint density at radius 3 is 2.20 bits per heavy atom. The van der Waals surface area contributed by atoms with Gasteiger partial charge in [-0.3, -0.25) is 14.4 Å². The molecule has 0 unspecified atom stereocenters. The van der Waals surface area contributed by atoms with Crippen molar-refractivity contribution in [2.75, 3.05) is 65.3 Å². The van der Waals surface area contributed by atoms with Gasteiger partial charge in [-0.2, -0.15) is 19.0 Å². The van der Waals surface area contributed by atoms with Crippen molar-refractivity contribution in [2.45, 2.75) is 27.2 Å². The number of halogens is 1. The summed E-state index contributed by atoms with van der Waals surface area (Å²) in [4.78, 5) is 49.2. The second-order valence-electron chi connectivity index (χ2n) is 9.08. The van der Waals surface area contributed by atoms with Gasteiger partial charge in [0.1, 0.15) is 5.82 Å². The number of hydrogen-bond acceptors (Lipinski definition) is 8. The molecular formula is C31H46FFmN6O5S-. The van der Waals surface area contributed by atoms with Gasteiger partial charge in [-0.05, 0) is 36.4 Å². The number of piperazine rings is 1. The summed E-state index contributed by atoms with van der Waals surface area (Å²) >= 11 is 3.53. The van der Waals surface area contributed by atoms with Gasteiger partial charge in [-0.1, -0.05) is 44.2 Å². The zero-order valence-corrected chi connectivity index (χ0v) is 29.6. The normalized spacial score (nSPS) is 11.5. The number of amides is 4. The molecule has 45 heavy (non-hydrogen) atoms. The largest absolute Gasteiger partial charge is 0.520 e. The molecule has 4 amide bonds.